The van der Waals surface area contributed by atoms with Crippen LogP contribution in [0.25, 0.3) is 11.0 Å². The second-order valence-electron chi connectivity index (χ2n) is 6.74. The number of ether oxygens (including phenoxy) is 2. The van der Waals surface area contributed by atoms with Crippen molar-refractivity contribution in [2.45, 2.75) is 31.9 Å². The predicted molar refractivity (Wildman–Crippen MR) is 113 cm³/mol. The molecule has 0 aliphatic rings. The van der Waals surface area contributed by atoms with Crippen molar-refractivity contribution in [3.63, 3.8) is 0 Å². The van der Waals surface area contributed by atoms with Crippen LogP contribution in [0.4, 0.5) is 0 Å². The Bertz CT molecular complexity index is 1150. The van der Waals surface area contributed by atoms with E-state index < -0.39 is 16.0 Å². The van der Waals surface area contributed by atoms with Gasteiger partial charge in [0.2, 0.25) is 10.0 Å². The molecular weight excluding hydrogens is 406 g/mol. The SMILES string of the molecule is CCOc1ccc(C(=O)OCc2nc3cc(S(=O)(=O)N(C)C)ccc3n2CC)cc1. The second kappa shape index (κ2) is 8.85. The van der Waals surface area contributed by atoms with Crippen LogP contribution in [-0.4, -0.2) is 48.9 Å². The first kappa shape index (κ1) is 21.8. The molecule has 0 atom stereocenters. The van der Waals surface area contributed by atoms with Crippen molar-refractivity contribution in [3.8, 4) is 5.75 Å². The number of fused-ring (bicyclic) bond motifs is 1. The van der Waals surface area contributed by atoms with Crippen molar-refractivity contribution in [1.29, 1.82) is 0 Å². The monoisotopic (exact) mass is 431 g/mol. The molecule has 8 nitrogen and oxygen atoms in total. The number of aryl methyl sites for hydroxylation is 1. The number of nitrogens with zero attached hydrogens (tertiary/aromatic N) is 3. The normalized spacial score (nSPS) is 11.8. The van der Waals surface area contributed by atoms with Gasteiger partial charge in [-0.05, 0) is 56.3 Å². The lowest BCUT2D eigenvalue weighted by Gasteiger charge is -2.11. The Morgan fingerprint density at radius 2 is 1.80 bits per heavy atom. The molecule has 0 amide bonds. The summed E-state index contributed by atoms with van der Waals surface area (Å²) in [6.45, 7) is 4.97. The third-order valence-electron chi connectivity index (χ3n) is 4.63. The number of imidazole rings is 1. The molecule has 0 saturated heterocycles. The topological polar surface area (TPSA) is 90.7 Å². The molecule has 160 valence electrons. The molecule has 1 heterocycles. The number of rotatable bonds is 8. The van der Waals surface area contributed by atoms with Gasteiger partial charge < -0.3 is 14.0 Å². The molecule has 2 aromatic carbocycles. The van der Waals surface area contributed by atoms with Crippen molar-refractivity contribution in [2.75, 3.05) is 20.7 Å². The smallest absolute Gasteiger partial charge is 0.338 e. The summed E-state index contributed by atoms with van der Waals surface area (Å²) in [5, 5.41) is 0. The Balaban J connectivity index is 1.82. The van der Waals surface area contributed by atoms with Crippen LogP contribution in [0, 0.1) is 0 Å². The van der Waals surface area contributed by atoms with Gasteiger partial charge >= 0.3 is 5.97 Å². The lowest BCUT2D eigenvalue weighted by atomic mass is 10.2. The maximum absolute atomic E-state index is 12.4. The number of carbonyl (C=O) groups excluding carboxylic acids is 1. The van der Waals surface area contributed by atoms with E-state index in [9.17, 15) is 13.2 Å². The zero-order valence-electron chi connectivity index (χ0n) is 17.5. The van der Waals surface area contributed by atoms with Gasteiger partial charge in [-0.3, -0.25) is 0 Å². The van der Waals surface area contributed by atoms with E-state index in [4.69, 9.17) is 9.47 Å². The highest BCUT2D eigenvalue weighted by atomic mass is 32.2. The number of hydrogen-bond donors (Lipinski definition) is 0. The molecule has 3 aromatic rings. The molecular formula is C21H25N3O5S. The van der Waals surface area contributed by atoms with Crippen LogP contribution in [0.2, 0.25) is 0 Å². The van der Waals surface area contributed by atoms with E-state index in [0.717, 1.165) is 9.82 Å². The van der Waals surface area contributed by atoms with Gasteiger partial charge in [0.25, 0.3) is 0 Å². The molecule has 0 radical (unpaired) electrons. The fraction of sp³-hybridized carbons (Fsp3) is 0.333. The van der Waals surface area contributed by atoms with Gasteiger partial charge in [-0.25, -0.2) is 22.5 Å². The molecule has 0 spiro atoms. The zero-order valence-corrected chi connectivity index (χ0v) is 18.3. The number of esters is 1. The first-order valence-corrected chi connectivity index (χ1v) is 11.0. The van der Waals surface area contributed by atoms with E-state index in [-0.39, 0.29) is 11.5 Å². The second-order valence-corrected chi connectivity index (χ2v) is 8.90. The van der Waals surface area contributed by atoms with Crippen molar-refractivity contribution in [2.24, 2.45) is 0 Å². The summed E-state index contributed by atoms with van der Waals surface area (Å²) in [6, 6.07) is 11.5. The van der Waals surface area contributed by atoms with Crippen molar-refractivity contribution >= 4 is 27.0 Å². The summed E-state index contributed by atoms with van der Waals surface area (Å²) in [7, 11) is -0.596. The predicted octanol–water partition coefficient (Wildman–Crippen LogP) is 3.06. The van der Waals surface area contributed by atoms with E-state index in [1.54, 1.807) is 36.4 Å². The Kier molecular flexibility index (Phi) is 6.42. The summed E-state index contributed by atoms with van der Waals surface area (Å²) in [6.07, 6.45) is 0. The number of carbonyl (C=O) groups is 1. The Morgan fingerprint density at radius 3 is 2.40 bits per heavy atom. The van der Waals surface area contributed by atoms with Gasteiger partial charge in [-0.15, -0.1) is 0 Å². The minimum absolute atomic E-state index is 0.0235. The molecule has 0 unspecified atom stereocenters. The number of aromatic nitrogens is 2. The fourth-order valence-corrected chi connectivity index (χ4v) is 3.98. The van der Waals surface area contributed by atoms with Gasteiger partial charge in [0.05, 0.1) is 28.1 Å². The van der Waals surface area contributed by atoms with Crippen LogP contribution in [0.3, 0.4) is 0 Å². The van der Waals surface area contributed by atoms with Crippen LogP contribution in [0.5, 0.6) is 5.75 Å². The van der Waals surface area contributed by atoms with E-state index in [1.165, 1.54) is 20.2 Å². The Labute approximate surface area is 176 Å². The van der Waals surface area contributed by atoms with Crippen LogP contribution in [0.15, 0.2) is 47.4 Å². The molecule has 0 fully saturated rings. The Morgan fingerprint density at radius 1 is 1.10 bits per heavy atom. The summed E-state index contributed by atoms with van der Waals surface area (Å²) in [4.78, 5) is 17.0. The highest BCUT2D eigenvalue weighted by molar-refractivity contribution is 7.89. The maximum atomic E-state index is 12.4. The minimum atomic E-state index is -3.56. The van der Waals surface area contributed by atoms with Crippen LogP contribution >= 0.6 is 0 Å². The number of sulfonamides is 1. The number of hydrogen-bond acceptors (Lipinski definition) is 6. The molecule has 0 aliphatic heterocycles. The molecule has 0 aliphatic carbocycles. The molecule has 0 N–H and O–H groups in total. The molecule has 30 heavy (non-hydrogen) atoms. The zero-order chi connectivity index (χ0) is 21.9. The lowest BCUT2D eigenvalue weighted by Crippen LogP contribution is -2.22. The summed E-state index contributed by atoms with van der Waals surface area (Å²) >= 11 is 0. The molecule has 0 saturated carbocycles. The first-order chi connectivity index (χ1) is 14.3. The van der Waals surface area contributed by atoms with Crippen molar-refractivity contribution in [1.82, 2.24) is 13.9 Å². The standard InChI is InChI=1S/C21H25N3O5S/c1-5-24-19-12-11-17(30(26,27)23(3)4)13-18(19)22-20(24)14-29-21(25)15-7-9-16(10-8-15)28-6-2/h7-13H,5-6,14H2,1-4H3. The van der Waals surface area contributed by atoms with Crippen molar-refractivity contribution in [3.05, 3.63) is 53.9 Å². The largest absolute Gasteiger partial charge is 0.494 e. The minimum Gasteiger partial charge on any atom is -0.494 e. The van der Waals surface area contributed by atoms with Gasteiger partial charge in [0.15, 0.2) is 0 Å². The summed E-state index contributed by atoms with van der Waals surface area (Å²) in [5.74, 6) is 0.764. The van der Waals surface area contributed by atoms with Crippen LogP contribution < -0.4 is 4.74 Å². The van der Waals surface area contributed by atoms with Gasteiger partial charge in [0.1, 0.15) is 18.2 Å². The van der Waals surface area contributed by atoms with E-state index in [1.807, 2.05) is 18.4 Å². The average Bonchev–Trinajstić information content (AvgIpc) is 3.09. The first-order valence-electron chi connectivity index (χ1n) is 9.59. The number of benzene rings is 2. The van der Waals surface area contributed by atoms with E-state index in [0.29, 0.717) is 35.8 Å². The third kappa shape index (κ3) is 4.31. The van der Waals surface area contributed by atoms with E-state index in [2.05, 4.69) is 4.98 Å². The molecule has 9 heteroatoms. The van der Waals surface area contributed by atoms with Crippen molar-refractivity contribution < 1.29 is 22.7 Å². The summed E-state index contributed by atoms with van der Waals surface area (Å²) in [5.41, 5.74) is 1.73. The summed E-state index contributed by atoms with van der Waals surface area (Å²) < 4.78 is 38.6. The molecule has 3 rings (SSSR count). The van der Waals surface area contributed by atoms with Gasteiger partial charge in [0, 0.05) is 20.6 Å². The third-order valence-corrected chi connectivity index (χ3v) is 6.44. The molecule has 1 aromatic heterocycles. The van der Waals surface area contributed by atoms with E-state index >= 15 is 0 Å². The van der Waals surface area contributed by atoms with Gasteiger partial charge in [-0.1, -0.05) is 0 Å². The maximum Gasteiger partial charge on any atom is 0.338 e. The highest BCUT2D eigenvalue weighted by Crippen LogP contribution is 2.23. The van der Waals surface area contributed by atoms with Crippen LogP contribution in [-0.2, 0) is 27.9 Å². The Hall–Kier alpha value is -2.91. The quantitative estimate of drug-likeness (QED) is 0.509. The lowest BCUT2D eigenvalue weighted by molar-refractivity contribution is 0.0458. The fourth-order valence-electron chi connectivity index (χ4n) is 3.06. The average molecular weight is 432 g/mol. The highest BCUT2D eigenvalue weighted by Gasteiger charge is 2.20. The van der Waals surface area contributed by atoms with Gasteiger partial charge in [-0.2, -0.15) is 0 Å². The molecule has 0 bridgehead atoms. The van der Waals surface area contributed by atoms with Crippen LogP contribution in [0.1, 0.15) is 30.0 Å².